The molecule has 1 rings (SSSR count). The molecule has 0 spiro atoms. The van der Waals surface area contributed by atoms with E-state index in [-0.39, 0.29) is 11.5 Å². The minimum Gasteiger partial charge on any atom is -0.504 e. The molecule has 0 saturated heterocycles. The van der Waals surface area contributed by atoms with Crippen LogP contribution in [-0.4, -0.2) is 18.1 Å². The summed E-state index contributed by atoms with van der Waals surface area (Å²) in [5.41, 5.74) is 0.838. The number of aromatic hydroxyl groups is 1. The standard InChI is InChI=1S/C8H10O5S/c1-2-6-3-4-8(7(9)5-6)13-14(10,11)12/h3-5,9H,2H2,1H3,(H,10,11,12). The van der Waals surface area contributed by atoms with Crippen LogP contribution >= 0.6 is 0 Å². The Labute approximate surface area is 81.9 Å². The first-order valence-corrected chi connectivity index (χ1v) is 5.27. The van der Waals surface area contributed by atoms with Crippen molar-refractivity contribution in [2.24, 2.45) is 0 Å². The van der Waals surface area contributed by atoms with Gasteiger partial charge in [-0.15, -0.1) is 0 Å². The van der Waals surface area contributed by atoms with Crippen LogP contribution in [0.5, 0.6) is 11.5 Å². The summed E-state index contributed by atoms with van der Waals surface area (Å²) in [5, 5.41) is 9.29. The van der Waals surface area contributed by atoms with Crippen LogP contribution in [0.4, 0.5) is 0 Å². The molecule has 0 atom stereocenters. The molecule has 5 nitrogen and oxygen atoms in total. The van der Waals surface area contributed by atoms with Crippen LogP contribution in [0.1, 0.15) is 12.5 Å². The predicted octanol–water partition coefficient (Wildman–Crippen LogP) is 1.14. The lowest BCUT2D eigenvalue weighted by molar-refractivity contribution is 0.371. The van der Waals surface area contributed by atoms with Crippen LogP contribution < -0.4 is 4.18 Å². The Kier molecular flexibility index (Phi) is 2.97. The lowest BCUT2D eigenvalue weighted by Crippen LogP contribution is -2.06. The van der Waals surface area contributed by atoms with Crippen molar-refractivity contribution < 1.29 is 22.3 Å². The molecule has 14 heavy (non-hydrogen) atoms. The van der Waals surface area contributed by atoms with Gasteiger partial charge in [0, 0.05) is 0 Å². The van der Waals surface area contributed by atoms with E-state index < -0.39 is 10.4 Å². The molecule has 0 amide bonds. The average Bonchev–Trinajstić information content (AvgIpc) is 2.06. The summed E-state index contributed by atoms with van der Waals surface area (Å²) in [5.74, 6) is -0.605. The smallest absolute Gasteiger partial charge is 0.446 e. The number of phenols is 1. The zero-order valence-electron chi connectivity index (χ0n) is 7.47. The first-order chi connectivity index (χ1) is 6.42. The summed E-state index contributed by atoms with van der Waals surface area (Å²) in [6, 6.07) is 4.25. The number of phenolic OH excluding ortho intramolecular Hbond substituents is 1. The summed E-state index contributed by atoms with van der Waals surface area (Å²) < 4.78 is 33.1. The van der Waals surface area contributed by atoms with E-state index in [2.05, 4.69) is 4.18 Å². The fourth-order valence-corrected chi connectivity index (χ4v) is 1.33. The highest BCUT2D eigenvalue weighted by molar-refractivity contribution is 7.81. The molecule has 0 bridgehead atoms. The predicted molar refractivity (Wildman–Crippen MR) is 49.7 cm³/mol. The number of rotatable bonds is 3. The Morgan fingerprint density at radius 3 is 2.50 bits per heavy atom. The van der Waals surface area contributed by atoms with Crippen molar-refractivity contribution in [3.63, 3.8) is 0 Å². The van der Waals surface area contributed by atoms with Gasteiger partial charge in [0.1, 0.15) is 0 Å². The third-order valence-electron chi connectivity index (χ3n) is 1.63. The largest absolute Gasteiger partial charge is 0.504 e. The van der Waals surface area contributed by atoms with Gasteiger partial charge >= 0.3 is 10.4 Å². The second-order valence-corrected chi connectivity index (χ2v) is 3.69. The molecular weight excluding hydrogens is 208 g/mol. The van der Waals surface area contributed by atoms with Gasteiger partial charge in [-0.2, -0.15) is 8.42 Å². The lowest BCUT2D eigenvalue weighted by Gasteiger charge is -2.05. The fraction of sp³-hybridized carbons (Fsp3) is 0.250. The molecule has 1 aromatic carbocycles. The molecular formula is C8H10O5S. The van der Waals surface area contributed by atoms with E-state index >= 15 is 0 Å². The number of hydrogen-bond acceptors (Lipinski definition) is 4. The Morgan fingerprint density at radius 1 is 1.43 bits per heavy atom. The molecule has 0 aliphatic heterocycles. The summed E-state index contributed by atoms with van der Waals surface area (Å²) in [6.45, 7) is 1.89. The van der Waals surface area contributed by atoms with E-state index in [1.54, 1.807) is 6.07 Å². The van der Waals surface area contributed by atoms with Gasteiger partial charge in [-0.25, -0.2) is 0 Å². The van der Waals surface area contributed by atoms with Gasteiger partial charge in [-0.1, -0.05) is 13.0 Å². The van der Waals surface area contributed by atoms with Crippen molar-refractivity contribution in [1.29, 1.82) is 0 Å². The molecule has 0 fully saturated rings. The van der Waals surface area contributed by atoms with E-state index in [0.717, 1.165) is 5.56 Å². The van der Waals surface area contributed by atoms with Crippen LogP contribution in [0.15, 0.2) is 18.2 Å². The molecule has 0 aliphatic carbocycles. The monoisotopic (exact) mass is 218 g/mol. The number of aryl methyl sites for hydroxylation is 1. The fourth-order valence-electron chi connectivity index (χ4n) is 0.967. The Bertz CT molecular complexity index is 423. The van der Waals surface area contributed by atoms with E-state index in [1.165, 1.54) is 12.1 Å². The maximum atomic E-state index is 10.3. The summed E-state index contributed by atoms with van der Waals surface area (Å²) >= 11 is 0. The van der Waals surface area contributed by atoms with Crippen LogP contribution in [-0.2, 0) is 16.8 Å². The van der Waals surface area contributed by atoms with Gasteiger partial charge in [0.15, 0.2) is 11.5 Å². The number of benzene rings is 1. The molecule has 0 radical (unpaired) electrons. The van der Waals surface area contributed by atoms with Crippen molar-refractivity contribution in [3.8, 4) is 11.5 Å². The van der Waals surface area contributed by atoms with Crippen molar-refractivity contribution in [2.75, 3.05) is 0 Å². The molecule has 0 aromatic heterocycles. The number of hydrogen-bond donors (Lipinski definition) is 2. The zero-order chi connectivity index (χ0) is 10.8. The molecule has 0 saturated carbocycles. The Balaban J connectivity index is 3.01. The topological polar surface area (TPSA) is 83.8 Å². The van der Waals surface area contributed by atoms with E-state index in [1.807, 2.05) is 6.92 Å². The summed E-state index contributed by atoms with van der Waals surface area (Å²) in [6.07, 6.45) is 0.708. The third-order valence-corrected chi connectivity index (χ3v) is 2.02. The van der Waals surface area contributed by atoms with Crippen molar-refractivity contribution in [2.45, 2.75) is 13.3 Å². The molecule has 6 heteroatoms. The van der Waals surface area contributed by atoms with Crippen LogP contribution in [0, 0.1) is 0 Å². The zero-order valence-corrected chi connectivity index (χ0v) is 8.28. The molecule has 78 valence electrons. The highest BCUT2D eigenvalue weighted by Crippen LogP contribution is 2.27. The minimum atomic E-state index is -4.58. The minimum absolute atomic E-state index is 0.287. The lowest BCUT2D eigenvalue weighted by atomic mass is 10.1. The van der Waals surface area contributed by atoms with Crippen LogP contribution in [0.3, 0.4) is 0 Å². The first-order valence-electron chi connectivity index (χ1n) is 3.91. The van der Waals surface area contributed by atoms with Crippen LogP contribution in [0.25, 0.3) is 0 Å². The van der Waals surface area contributed by atoms with Gasteiger partial charge < -0.3 is 9.29 Å². The molecule has 1 aromatic rings. The highest BCUT2D eigenvalue weighted by Gasteiger charge is 2.11. The van der Waals surface area contributed by atoms with Gasteiger partial charge in [-0.05, 0) is 24.1 Å². The van der Waals surface area contributed by atoms with E-state index in [9.17, 15) is 13.5 Å². The molecule has 0 aliphatic rings. The maximum Gasteiger partial charge on any atom is 0.446 e. The first kappa shape index (κ1) is 10.8. The van der Waals surface area contributed by atoms with Gasteiger partial charge in [0.05, 0.1) is 0 Å². The summed E-state index contributed by atoms with van der Waals surface area (Å²) in [4.78, 5) is 0. The normalized spacial score (nSPS) is 11.3. The van der Waals surface area contributed by atoms with E-state index in [4.69, 9.17) is 4.55 Å². The highest BCUT2D eigenvalue weighted by atomic mass is 32.3. The Hall–Kier alpha value is -1.27. The van der Waals surface area contributed by atoms with Crippen molar-refractivity contribution in [1.82, 2.24) is 0 Å². The van der Waals surface area contributed by atoms with Gasteiger partial charge in [-0.3, -0.25) is 4.55 Å². The van der Waals surface area contributed by atoms with Gasteiger partial charge in [0.25, 0.3) is 0 Å². The van der Waals surface area contributed by atoms with Gasteiger partial charge in [0.2, 0.25) is 0 Å². The summed E-state index contributed by atoms with van der Waals surface area (Å²) in [7, 11) is -4.58. The molecule has 0 heterocycles. The second-order valence-electron chi connectivity index (χ2n) is 2.67. The van der Waals surface area contributed by atoms with Crippen LogP contribution in [0.2, 0.25) is 0 Å². The quantitative estimate of drug-likeness (QED) is 0.743. The third kappa shape index (κ3) is 2.90. The SMILES string of the molecule is CCc1ccc(OS(=O)(=O)O)c(O)c1. The maximum absolute atomic E-state index is 10.3. The van der Waals surface area contributed by atoms with Crippen molar-refractivity contribution >= 4 is 10.4 Å². The molecule has 2 N–H and O–H groups in total. The Morgan fingerprint density at radius 2 is 2.07 bits per heavy atom. The second kappa shape index (κ2) is 3.85. The average molecular weight is 218 g/mol. The molecule has 0 unspecified atom stereocenters. The van der Waals surface area contributed by atoms with E-state index in [0.29, 0.717) is 6.42 Å². The van der Waals surface area contributed by atoms with Crippen molar-refractivity contribution in [3.05, 3.63) is 23.8 Å².